The van der Waals surface area contributed by atoms with E-state index in [0.29, 0.717) is 6.04 Å². The SMILES string of the molecule is Cc1c[n+](C(C)C)n(C)n1. The number of rotatable bonds is 1. The molecule has 1 aromatic rings. The first kappa shape index (κ1) is 7.25. The van der Waals surface area contributed by atoms with E-state index in [9.17, 15) is 0 Å². The Morgan fingerprint density at radius 1 is 1.60 bits per heavy atom. The first-order valence-corrected chi connectivity index (χ1v) is 3.53. The predicted octanol–water partition coefficient (Wildman–Crippen LogP) is 0.597. The highest BCUT2D eigenvalue weighted by Gasteiger charge is 2.10. The van der Waals surface area contributed by atoms with Crippen LogP contribution in [0.2, 0.25) is 0 Å². The lowest BCUT2D eigenvalue weighted by molar-refractivity contribution is -0.794. The van der Waals surface area contributed by atoms with E-state index < -0.39 is 0 Å². The second-order valence-electron chi connectivity index (χ2n) is 2.83. The predicted molar refractivity (Wildman–Crippen MR) is 38.5 cm³/mol. The summed E-state index contributed by atoms with van der Waals surface area (Å²) in [6, 6.07) is 0.492. The average Bonchev–Trinajstić information content (AvgIpc) is 2.10. The van der Waals surface area contributed by atoms with Gasteiger partial charge in [0.15, 0.2) is 6.20 Å². The van der Waals surface area contributed by atoms with E-state index in [1.54, 1.807) is 0 Å². The molecule has 0 fully saturated rings. The van der Waals surface area contributed by atoms with E-state index in [1.807, 2.05) is 25.0 Å². The van der Waals surface area contributed by atoms with Gasteiger partial charge >= 0.3 is 0 Å². The monoisotopic (exact) mass is 140 g/mol. The van der Waals surface area contributed by atoms with Gasteiger partial charge in [-0.2, -0.15) is 4.68 Å². The van der Waals surface area contributed by atoms with Crippen LogP contribution in [0.4, 0.5) is 0 Å². The van der Waals surface area contributed by atoms with Gasteiger partial charge in [-0.3, -0.25) is 0 Å². The summed E-state index contributed by atoms with van der Waals surface area (Å²) in [5.41, 5.74) is 1.07. The first-order chi connectivity index (χ1) is 4.61. The maximum Gasteiger partial charge on any atom is 0.215 e. The molecule has 0 atom stereocenters. The third-order valence-electron chi connectivity index (χ3n) is 1.48. The van der Waals surface area contributed by atoms with E-state index in [-0.39, 0.29) is 0 Å². The van der Waals surface area contributed by atoms with Crippen LogP contribution in [0.3, 0.4) is 0 Å². The molecular formula is C7H14N3+. The molecule has 56 valence electrons. The molecule has 0 saturated carbocycles. The Bertz CT molecular complexity index is 225. The zero-order chi connectivity index (χ0) is 7.72. The van der Waals surface area contributed by atoms with Crippen LogP contribution in [-0.4, -0.2) is 9.90 Å². The Labute approximate surface area is 61.3 Å². The molecule has 10 heavy (non-hydrogen) atoms. The van der Waals surface area contributed by atoms with Gasteiger partial charge in [-0.05, 0) is 18.6 Å². The summed E-state index contributed by atoms with van der Waals surface area (Å²) in [4.78, 5) is 1.86. The summed E-state index contributed by atoms with van der Waals surface area (Å²) >= 11 is 0. The van der Waals surface area contributed by atoms with E-state index in [4.69, 9.17) is 0 Å². The highest BCUT2D eigenvalue weighted by molar-refractivity contribution is 4.80. The Hall–Kier alpha value is -0.860. The Morgan fingerprint density at radius 3 is 2.40 bits per heavy atom. The van der Waals surface area contributed by atoms with E-state index in [0.717, 1.165) is 5.69 Å². The molecule has 0 amide bonds. The summed E-state index contributed by atoms with van der Waals surface area (Å²) in [7, 11) is 1.95. The molecule has 0 spiro atoms. The third-order valence-corrected chi connectivity index (χ3v) is 1.48. The van der Waals surface area contributed by atoms with Gasteiger partial charge in [-0.1, -0.05) is 0 Å². The molecule has 3 nitrogen and oxygen atoms in total. The molecule has 0 N–H and O–H groups in total. The van der Waals surface area contributed by atoms with E-state index in [2.05, 4.69) is 23.6 Å². The van der Waals surface area contributed by atoms with Crippen LogP contribution >= 0.6 is 0 Å². The molecule has 0 aromatic carbocycles. The van der Waals surface area contributed by atoms with Gasteiger partial charge in [0, 0.05) is 12.0 Å². The molecule has 0 aliphatic heterocycles. The maximum atomic E-state index is 4.21. The summed E-state index contributed by atoms with van der Waals surface area (Å²) in [5, 5.41) is 4.21. The molecule has 3 heteroatoms. The van der Waals surface area contributed by atoms with Crippen molar-refractivity contribution in [1.82, 2.24) is 9.90 Å². The van der Waals surface area contributed by atoms with Crippen molar-refractivity contribution in [2.24, 2.45) is 7.05 Å². The highest BCUT2D eigenvalue weighted by atomic mass is 15.5. The van der Waals surface area contributed by atoms with Crippen molar-refractivity contribution in [3.63, 3.8) is 0 Å². The minimum absolute atomic E-state index is 0.492. The highest BCUT2D eigenvalue weighted by Crippen LogP contribution is 1.91. The fourth-order valence-electron chi connectivity index (χ4n) is 1.06. The third kappa shape index (κ3) is 1.17. The van der Waals surface area contributed by atoms with Gasteiger partial charge in [0.05, 0.1) is 7.05 Å². The van der Waals surface area contributed by atoms with Gasteiger partial charge in [0.1, 0.15) is 6.04 Å². The van der Waals surface area contributed by atoms with Crippen LogP contribution in [-0.2, 0) is 7.05 Å². The molecule has 0 bridgehead atoms. The number of hydrogen-bond donors (Lipinski definition) is 0. The van der Waals surface area contributed by atoms with Crippen LogP contribution < -0.4 is 4.68 Å². The lowest BCUT2D eigenvalue weighted by Crippen LogP contribution is -2.43. The largest absolute Gasteiger partial charge is 0.215 e. The summed E-state index contributed by atoms with van der Waals surface area (Å²) in [6.45, 7) is 6.28. The van der Waals surface area contributed by atoms with Crippen LogP contribution in [0, 0.1) is 6.92 Å². The molecule has 0 saturated heterocycles. The van der Waals surface area contributed by atoms with Gasteiger partial charge in [-0.15, -0.1) is 0 Å². The van der Waals surface area contributed by atoms with Crippen molar-refractivity contribution in [2.45, 2.75) is 26.8 Å². The normalized spacial score (nSPS) is 10.9. The van der Waals surface area contributed by atoms with E-state index >= 15 is 0 Å². The molecular weight excluding hydrogens is 126 g/mol. The number of nitrogens with zero attached hydrogens (tertiary/aromatic N) is 3. The molecule has 1 aromatic heterocycles. The van der Waals surface area contributed by atoms with Crippen molar-refractivity contribution >= 4 is 0 Å². The molecule has 1 rings (SSSR count). The van der Waals surface area contributed by atoms with Gasteiger partial charge in [-0.25, -0.2) is 0 Å². The van der Waals surface area contributed by atoms with Crippen LogP contribution in [0.15, 0.2) is 6.20 Å². The maximum absolute atomic E-state index is 4.21. The van der Waals surface area contributed by atoms with Gasteiger partial charge in [0.2, 0.25) is 5.69 Å². The topological polar surface area (TPSA) is 21.7 Å². The lowest BCUT2D eigenvalue weighted by atomic mass is 10.4. The second-order valence-corrected chi connectivity index (χ2v) is 2.83. The number of aromatic nitrogens is 3. The second kappa shape index (κ2) is 2.40. The quantitative estimate of drug-likeness (QED) is 0.523. The van der Waals surface area contributed by atoms with Gasteiger partial charge < -0.3 is 0 Å². The lowest BCUT2D eigenvalue weighted by Gasteiger charge is -1.99. The Morgan fingerprint density at radius 2 is 2.20 bits per heavy atom. The minimum atomic E-state index is 0.492. The van der Waals surface area contributed by atoms with Crippen molar-refractivity contribution in [2.75, 3.05) is 0 Å². The Kier molecular flexibility index (Phi) is 1.74. The Balaban J connectivity index is 3.03. The fraction of sp³-hybridized carbons (Fsp3) is 0.714. The van der Waals surface area contributed by atoms with Gasteiger partial charge in [0.25, 0.3) is 0 Å². The molecule has 0 aliphatic carbocycles. The zero-order valence-corrected chi connectivity index (χ0v) is 7.00. The van der Waals surface area contributed by atoms with Crippen LogP contribution in [0.25, 0.3) is 0 Å². The summed E-state index contributed by atoms with van der Waals surface area (Å²) in [5.74, 6) is 0. The molecule has 0 unspecified atom stereocenters. The van der Waals surface area contributed by atoms with Crippen molar-refractivity contribution in [3.05, 3.63) is 11.9 Å². The van der Waals surface area contributed by atoms with Crippen molar-refractivity contribution in [3.8, 4) is 0 Å². The fourth-order valence-corrected chi connectivity index (χ4v) is 1.06. The van der Waals surface area contributed by atoms with Crippen LogP contribution in [0.1, 0.15) is 25.6 Å². The average molecular weight is 140 g/mol. The summed E-state index contributed by atoms with van der Waals surface area (Å²) in [6.07, 6.45) is 2.05. The number of aryl methyl sites for hydroxylation is 2. The van der Waals surface area contributed by atoms with Crippen molar-refractivity contribution < 1.29 is 4.68 Å². The number of hydrogen-bond acceptors (Lipinski definition) is 1. The van der Waals surface area contributed by atoms with Crippen LogP contribution in [0.5, 0.6) is 0 Å². The standard InChI is InChI=1S/C7H14N3/c1-6(2)10-5-7(3)8-9(10)4/h5-6H,1-4H3/q+1. The smallest absolute Gasteiger partial charge is 0.158 e. The molecule has 1 heterocycles. The summed E-state index contributed by atoms with van der Waals surface area (Å²) < 4.78 is 2.09. The zero-order valence-electron chi connectivity index (χ0n) is 7.00. The van der Waals surface area contributed by atoms with Crippen molar-refractivity contribution in [1.29, 1.82) is 0 Å². The first-order valence-electron chi connectivity index (χ1n) is 3.53. The minimum Gasteiger partial charge on any atom is -0.158 e. The molecule has 0 radical (unpaired) electrons. The molecule has 0 aliphatic rings. The van der Waals surface area contributed by atoms with E-state index in [1.165, 1.54) is 0 Å².